The van der Waals surface area contributed by atoms with Crippen LogP contribution < -0.4 is 21.7 Å². The highest BCUT2D eigenvalue weighted by atomic mass is 32.2. The molecule has 0 rings (SSSR count). The summed E-state index contributed by atoms with van der Waals surface area (Å²) in [6.45, 7) is 2.23. The van der Waals surface area contributed by atoms with Crippen molar-refractivity contribution >= 4 is 35.5 Å². The van der Waals surface area contributed by atoms with E-state index in [0.717, 1.165) is 0 Å². The van der Waals surface area contributed by atoms with E-state index in [2.05, 4.69) is 16.0 Å². The van der Waals surface area contributed by atoms with Crippen molar-refractivity contribution in [2.75, 3.05) is 18.6 Å². The maximum Gasteiger partial charge on any atom is 0.325 e. The monoisotopic (exact) mass is 378 g/mol. The van der Waals surface area contributed by atoms with Gasteiger partial charge in [-0.2, -0.15) is 11.8 Å². The number of aliphatic hydroxyl groups excluding tert-OH is 1. The summed E-state index contributed by atoms with van der Waals surface area (Å²) >= 11 is 1.46. The van der Waals surface area contributed by atoms with Crippen molar-refractivity contribution < 1.29 is 29.4 Å². The van der Waals surface area contributed by atoms with Crippen molar-refractivity contribution in [1.29, 1.82) is 0 Å². The molecule has 0 saturated carbocycles. The molecule has 7 N–H and O–H groups in total. The second-order valence-corrected chi connectivity index (χ2v) is 6.44. The quantitative estimate of drug-likeness (QED) is 0.232. The number of hydrogen-bond donors (Lipinski definition) is 6. The third kappa shape index (κ3) is 9.27. The molecule has 0 spiro atoms. The molecule has 144 valence electrons. The molecule has 4 unspecified atom stereocenters. The number of carboxylic acid groups (broad SMARTS) is 1. The minimum atomic E-state index is -1.19. The van der Waals surface area contributed by atoms with Crippen molar-refractivity contribution in [1.82, 2.24) is 16.0 Å². The number of hydrogen-bond acceptors (Lipinski definition) is 7. The second-order valence-electron chi connectivity index (χ2n) is 5.45. The van der Waals surface area contributed by atoms with Gasteiger partial charge in [-0.1, -0.05) is 0 Å². The van der Waals surface area contributed by atoms with Crippen LogP contribution in [0.25, 0.3) is 0 Å². The van der Waals surface area contributed by atoms with Crippen molar-refractivity contribution in [3.63, 3.8) is 0 Å². The maximum atomic E-state index is 12.1. The molecule has 25 heavy (non-hydrogen) atoms. The predicted molar refractivity (Wildman–Crippen MR) is 92.8 cm³/mol. The Morgan fingerprint density at radius 3 is 2.20 bits per heavy atom. The van der Waals surface area contributed by atoms with Gasteiger partial charge in [0.25, 0.3) is 0 Å². The summed E-state index contributed by atoms with van der Waals surface area (Å²) in [4.78, 5) is 46.4. The SMILES string of the molecule is CSCCC(NC(=O)CNC(=O)C(N)C(C)O)C(=O)NC(C)C(=O)O. The van der Waals surface area contributed by atoms with Gasteiger partial charge in [0.15, 0.2) is 0 Å². The summed E-state index contributed by atoms with van der Waals surface area (Å²) in [5, 5.41) is 25.0. The van der Waals surface area contributed by atoms with E-state index < -0.39 is 54.5 Å². The van der Waals surface area contributed by atoms with Crippen LogP contribution in [0.3, 0.4) is 0 Å². The van der Waals surface area contributed by atoms with Gasteiger partial charge in [0.1, 0.15) is 18.1 Å². The molecule has 0 aliphatic rings. The van der Waals surface area contributed by atoms with Gasteiger partial charge in [0.05, 0.1) is 12.6 Å². The highest BCUT2D eigenvalue weighted by Crippen LogP contribution is 2.02. The lowest BCUT2D eigenvalue weighted by Crippen LogP contribution is -2.54. The Balaban J connectivity index is 4.64. The van der Waals surface area contributed by atoms with Gasteiger partial charge in [0.2, 0.25) is 17.7 Å². The Labute approximate surface area is 150 Å². The first-order valence-electron chi connectivity index (χ1n) is 7.63. The first kappa shape index (κ1) is 23.1. The zero-order chi connectivity index (χ0) is 19.6. The molecule has 3 amide bonds. The number of nitrogens with two attached hydrogens (primary N) is 1. The van der Waals surface area contributed by atoms with Crippen LogP contribution in [0.5, 0.6) is 0 Å². The fraction of sp³-hybridized carbons (Fsp3) is 0.714. The number of thioether (sulfide) groups is 1. The van der Waals surface area contributed by atoms with Crippen molar-refractivity contribution in [3.05, 3.63) is 0 Å². The van der Waals surface area contributed by atoms with Gasteiger partial charge in [-0.15, -0.1) is 0 Å². The molecule has 0 bridgehead atoms. The molecule has 0 aromatic heterocycles. The van der Waals surface area contributed by atoms with Crippen LogP contribution in [0, 0.1) is 0 Å². The molecule has 0 aromatic carbocycles. The van der Waals surface area contributed by atoms with Crippen molar-refractivity contribution in [2.45, 2.75) is 44.5 Å². The standard InChI is InChI=1S/C14H26N4O6S/c1-7(14(23)24)17-12(21)9(4-5-25-3)18-10(20)6-16-13(22)11(15)8(2)19/h7-9,11,19H,4-6,15H2,1-3H3,(H,16,22)(H,17,21)(H,18,20)(H,23,24). The Kier molecular flexibility index (Phi) is 10.8. The molecule has 0 fully saturated rings. The average molecular weight is 378 g/mol. The highest BCUT2D eigenvalue weighted by Gasteiger charge is 2.24. The first-order valence-corrected chi connectivity index (χ1v) is 9.02. The number of amides is 3. The summed E-state index contributed by atoms with van der Waals surface area (Å²) in [5.74, 6) is -2.57. The minimum Gasteiger partial charge on any atom is -0.480 e. The van der Waals surface area contributed by atoms with Gasteiger partial charge in [-0.25, -0.2) is 0 Å². The van der Waals surface area contributed by atoms with Crippen LogP contribution in [0.4, 0.5) is 0 Å². The molecule has 0 aromatic rings. The van der Waals surface area contributed by atoms with Gasteiger partial charge in [0, 0.05) is 0 Å². The van der Waals surface area contributed by atoms with Gasteiger partial charge < -0.3 is 31.9 Å². The minimum absolute atomic E-state index is 0.298. The molecule has 11 heteroatoms. The van der Waals surface area contributed by atoms with E-state index in [1.165, 1.54) is 25.6 Å². The lowest BCUT2D eigenvalue weighted by Gasteiger charge is -2.20. The van der Waals surface area contributed by atoms with Crippen LogP contribution in [0.1, 0.15) is 20.3 Å². The van der Waals surface area contributed by atoms with Crippen LogP contribution in [-0.4, -0.2) is 76.7 Å². The summed E-state index contributed by atoms with van der Waals surface area (Å²) in [6, 6.07) is -3.19. The topological polar surface area (TPSA) is 171 Å². The van der Waals surface area contributed by atoms with E-state index in [1.807, 2.05) is 6.26 Å². The lowest BCUT2D eigenvalue weighted by molar-refractivity contribution is -0.141. The molecule has 0 aliphatic heterocycles. The van der Waals surface area contributed by atoms with Crippen LogP contribution >= 0.6 is 11.8 Å². The van der Waals surface area contributed by atoms with E-state index in [-0.39, 0.29) is 0 Å². The number of carboxylic acids is 1. The average Bonchev–Trinajstić information content (AvgIpc) is 2.54. The fourth-order valence-corrected chi connectivity index (χ4v) is 2.10. The van der Waals surface area contributed by atoms with E-state index in [1.54, 1.807) is 0 Å². The van der Waals surface area contributed by atoms with Gasteiger partial charge in [-0.3, -0.25) is 19.2 Å². The summed E-state index contributed by atoms with van der Waals surface area (Å²) in [7, 11) is 0. The molecular weight excluding hydrogens is 352 g/mol. The second kappa shape index (κ2) is 11.7. The molecule has 0 saturated heterocycles. The third-order valence-electron chi connectivity index (χ3n) is 3.24. The Bertz CT molecular complexity index is 488. The Hall–Kier alpha value is -1.85. The molecule has 0 aliphatic carbocycles. The third-order valence-corrected chi connectivity index (χ3v) is 3.88. The maximum absolute atomic E-state index is 12.1. The summed E-state index contributed by atoms with van der Waals surface area (Å²) in [6.07, 6.45) is 1.06. The largest absolute Gasteiger partial charge is 0.480 e. The predicted octanol–water partition coefficient (Wildman–Crippen LogP) is -2.36. The Morgan fingerprint density at radius 1 is 1.12 bits per heavy atom. The number of aliphatic hydroxyl groups is 1. The lowest BCUT2D eigenvalue weighted by atomic mass is 10.2. The van der Waals surface area contributed by atoms with Crippen LogP contribution in [0.2, 0.25) is 0 Å². The molecule has 4 atom stereocenters. The van der Waals surface area contributed by atoms with Gasteiger partial charge in [-0.05, 0) is 32.3 Å². The molecule has 10 nitrogen and oxygen atoms in total. The van der Waals surface area contributed by atoms with Crippen LogP contribution in [0.15, 0.2) is 0 Å². The zero-order valence-corrected chi connectivity index (χ0v) is 15.3. The summed E-state index contributed by atoms with van der Waals surface area (Å²) < 4.78 is 0. The normalized spacial score (nSPS) is 15.4. The fourth-order valence-electron chi connectivity index (χ4n) is 1.63. The first-order chi connectivity index (χ1) is 11.6. The van der Waals surface area contributed by atoms with E-state index in [4.69, 9.17) is 10.8 Å². The summed E-state index contributed by atoms with van der Waals surface area (Å²) in [5.41, 5.74) is 5.43. The van der Waals surface area contributed by atoms with Crippen molar-refractivity contribution in [3.8, 4) is 0 Å². The number of nitrogens with one attached hydrogen (secondary N) is 3. The number of aliphatic carboxylic acids is 1. The molecule has 0 heterocycles. The van der Waals surface area contributed by atoms with E-state index in [0.29, 0.717) is 12.2 Å². The number of rotatable bonds is 11. The van der Waals surface area contributed by atoms with Crippen molar-refractivity contribution in [2.24, 2.45) is 5.73 Å². The van der Waals surface area contributed by atoms with Gasteiger partial charge >= 0.3 is 5.97 Å². The zero-order valence-electron chi connectivity index (χ0n) is 14.4. The Morgan fingerprint density at radius 2 is 1.72 bits per heavy atom. The van der Waals surface area contributed by atoms with Crippen LogP contribution in [-0.2, 0) is 19.2 Å². The molecular formula is C14H26N4O6S. The highest BCUT2D eigenvalue weighted by molar-refractivity contribution is 7.98. The van der Waals surface area contributed by atoms with E-state index in [9.17, 15) is 24.3 Å². The number of carbonyl (C=O) groups is 4. The number of carbonyl (C=O) groups excluding carboxylic acids is 3. The molecule has 0 radical (unpaired) electrons. The van der Waals surface area contributed by atoms with E-state index >= 15 is 0 Å². The smallest absolute Gasteiger partial charge is 0.325 e.